The topological polar surface area (TPSA) is 72.5 Å². The monoisotopic (exact) mass is 447 g/mol. The first-order valence-electron chi connectivity index (χ1n) is 8.88. The maximum absolute atomic E-state index is 13.1. The molecule has 2 aromatic carbocycles. The van der Waals surface area contributed by atoms with E-state index in [1.54, 1.807) is 31.2 Å². The van der Waals surface area contributed by atoms with Crippen LogP contribution in [0.4, 0.5) is 5.69 Å². The molecular formula is C21H18ClNO4S2. The Hall–Kier alpha value is -2.35. The van der Waals surface area contributed by atoms with Crippen molar-refractivity contribution in [2.24, 2.45) is 0 Å². The van der Waals surface area contributed by atoms with Crippen LogP contribution < -0.4 is 4.72 Å². The van der Waals surface area contributed by atoms with Crippen molar-refractivity contribution in [3.8, 4) is 0 Å². The molecule has 0 fully saturated rings. The number of hydrogen-bond donors (Lipinski definition) is 1. The van der Waals surface area contributed by atoms with Gasteiger partial charge in [-0.3, -0.25) is 9.52 Å². The van der Waals surface area contributed by atoms with Crippen LogP contribution in [0.15, 0.2) is 46.2 Å². The third kappa shape index (κ3) is 3.66. The van der Waals surface area contributed by atoms with Crippen LogP contribution in [-0.4, -0.2) is 14.4 Å². The van der Waals surface area contributed by atoms with Gasteiger partial charge in [-0.2, -0.15) is 0 Å². The molecule has 0 atom stereocenters. The second-order valence-corrected chi connectivity index (χ2v) is 10.4. The molecule has 0 bridgehead atoms. The summed E-state index contributed by atoms with van der Waals surface area (Å²) < 4.78 is 35.2. The number of nitrogens with one attached hydrogen (secondary N) is 1. The highest BCUT2D eigenvalue weighted by molar-refractivity contribution is 7.94. The van der Waals surface area contributed by atoms with Crippen molar-refractivity contribution in [1.29, 1.82) is 0 Å². The summed E-state index contributed by atoms with van der Waals surface area (Å²) in [6.45, 7) is 5.02. The van der Waals surface area contributed by atoms with Crippen molar-refractivity contribution in [3.63, 3.8) is 0 Å². The number of aryl methyl sites for hydroxylation is 1. The molecule has 0 aliphatic heterocycles. The van der Waals surface area contributed by atoms with Gasteiger partial charge in [0.1, 0.15) is 9.97 Å². The fourth-order valence-electron chi connectivity index (χ4n) is 3.52. The summed E-state index contributed by atoms with van der Waals surface area (Å²) in [4.78, 5) is 11.4. The van der Waals surface area contributed by atoms with Crippen LogP contribution in [0.1, 0.15) is 30.5 Å². The first-order valence-corrected chi connectivity index (χ1v) is 11.6. The Bertz CT molecular complexity index is 1310. The lowest BCUT2D eigenvalue weighted by atomic mass is 10.1. The van der Waals surface area contributed by atoms with Gasteiger partial charge in [-0.15, -0.1) is 11.3 Å². The molecule has 1 aliphatic rings. The average molecular weight is 448 g/mol. The largest absolute Gasteiger partial charge is 0.426 e. The second-order valence-electron chi connectivity index (χ2n) is 7.01. The number of carbonyl (C=O) groups is 1. The standard InChI is InChI=1S/C21H18ClNO4S2/c1-11-8-14-4-6-16(10-18(14)20(11)27-13(3)24)23-29(25,26)21-12(2)17-9-15(22)5-7-19(17)28-21/h4-7,9-10,23H,8H2,1-3H3. The molecule has 150 valence electrons. The Labute approximate surface area is 178 Å². The molecule has 1 aliphatic carbocycles. The smallest absolute Gasteiger partial charge is 0.308 e. The number of halogens is 1. The molecule has 0 radical (unpaired) electrons. The van der Waals surface area contributed by atoms with Crippen molar-refractivity contribution in [2.75, 3.05) is 4.72 Å². The summed E-state index contributed by atoms with van der Waals surface area (Å²) in [5.41, 5.74) is 3.75. The number of benzene rings is 2. The van der Waals surface area contributed by atoms with E-state index >= 15 is 0 Å². The molecule has 1 heterocycles. The molecule has 0 unspecified atom stereocenters. The van der Waals surface area contributed by atoms with E-state index < -0.39 is 16.0 Å². The molecule has 1 aromatic heterocycles. The fraction of sp³-hybridized carbons (Fsp3) is 0.190. The van der Waals surface area contributed by atoms with Crippen molar-refractivity contribution in [1.82, 2.24) is 0 Å². The zero-order valence-corrected chi connectivity index (χ0v) is 18.4. The minimum absolute atomic E-state index is 0.252. The Morgan fingerprint density at radius 3 is 2.66 bits per heavy atom. The van der Waals surface area contributed by atoms with Gasteiger partial charge in [0.25, 0.3) is 10.0 Å². The van der Waals surface area contributed by atoms with E-state index in [9.17, 15) is 13.2 Å². The van der Waals surface area contributed by atoms with Crippen LogP contribution in [0.25, 0.3) is 15.8 Å². The molecule has 0 saturated carbocycles. The number of allylic oxidation sites excluding steroid dienone is 1. The number of hydrogen-bond acceptors (Lipinski definition) is 5. The molecule has 4 rings (SSSR count). The van der Waals surface area contributed by atoms with Gasteiger partial charge < -0.3 is 4.74 Å². The van der Waals surface area contributed by atoms with Crippen LogP contribution >= 0.6 is 22.9 Å². The number of esters is 1. The zero-order valence-electron chi connectivity index (χ0n) is 16.0. The fourth-order valence-corrected chi connectivity index (χ4v) is 6.48. The average Bonchev–Trinajstić information content (AvgIpc) is 3.12. The van der Waals surface area contributed by atoms with Crippen LogP contribution in [0.2, 0.25) is 5.02 Å². The molecule has 3 aromatic rings. The van der Waals surface area contributed by atoms with Gasteiger partial charge in [-0.25, -0.2) is 8.42 Å². The summed E-state index contributed by atoms with van der Waals surface area (Å²) in [7, 11) is -3.79. The predicted octanol–water partition coefficient (Wildman–Crippen LogP) is 5.51. The molecule has 8 heteroatoms. The third-order valence-corrected chi connectivity index (χ3v) is 8.30. The number of ether oxygens (including phenoxy) is 1. The summed E-state index contributed by atoms with van der Waals surface area (Å²) in [5.74, 6) is 0.0963. The maximum atomic E-state index is 13.1. The summed E-state index contributed by atoms with van der Waals surface area (Å²) in [6.07, 6.45) is 0.668. The van der Waals surface area contributed by atoms with Crippen molar-refractivity contribution in [2.45, 2.75) is 31.4 Å². The highest BCUT2D eigenvalue weighted by Gasteiger charge is 2.25. The van der Waals surface area contributed by atoms with Gasteiger partial charge in [0.05, 0.1) is 0 Å². The van der Waals surface area contributed by atoms with Gasteiger partial charge in [0.2, 0.25) is 0 Å². The van der Waals surface area contributed by atoms with E-state index in [2.05, 4.69) is 4.72 Å². The highest BCUT2D eigenvalue weighted by atomic mass is 35.5. The quantitative estimate of drug-likeness (QED) is 0.535. The SMILES string of the molecule is CC(=O)OC1=C(C)Cc2ccc(NS(=O)(=O)c3sc4ccc(Cl)cc4c3C)cc21. The Morgan fingerprint density at radius 1 is 1.17 bits per heavy atom. The van der Waals surface area contributed by atoms with Crippen LogP contribution in [0.5, 0.6) is 0 Å². The lowest BCUT2D eigenvalue weighted by molar-refractivity contribution is -0.134. The van der Waals surface area contributed by atoms with E-state index in [4.69, 9.17) is 16.3 Å². The number of anilines is 1. The summed E-state index contributed by atoms with van der Waals surface area (Å²) in [5, 5.41) is 1.39. The minimum Gasteiger partial charge on any atom is -0.426 e. The molecule has 0 spiro atoms. The second kappa shape index (κ2) is 7.16. The van der Waals surface area contributed by atoms with Gasteiger partial charge in [-0.1, -0.05) is 17.7 Å². The molecule has 5 nitrogen and oxygen atoms in total. The molecule has 0 saturated heterocycles. The van der Waals surface area contributed by atoms with Crippen molar-refractivity contribution < 1.29 is 17.9 Å². The summed E-state index contributed by atoms with van der Waals surface area (Å²) in [6, 6.07) is 10.6. The number of fused-ring (bicyclic) bond motifs is 2. The molecule has 0 amide bonds. The number of carbonyl (C=O) groups excluding carboxylic acids is 1. The van der Waals surface area contributed by atoms with Crippen LogP contribution in [0.3, 0.4) is 0 Å². The van der Waals surface area contributed by atoms with E-state index in [1.165, 1.54) is 18.3 Å². The predicted molar refractivity (Wildman–Crippen MR) is 117 cm³/mol. The lowest BCUT2D eigenvalue weighted by Gasteiger charge is -2.11. The Morgan fingerprint density at radius 2 is 1.93 bits per heavy atom. The number of sulfonamides is 1. The van der Waals surface area contributed by atoms with Crippen molar-refractivity contribution in [3.05, 3.63) is 63.7 Å². The Kier molecular flexibility index (Phi) is 4.93. The Balaban J connectivity index is 1.71. The third-order valence-electron chi connectivity index (χ3n) is 4.79. The van der Waals surface area contributed by atoms with Crippen LogP contribution in [0, 0.1) is 6.92 Å². The van der Waals surface area contributed by atoms with E-state index in [1.807, 2.05) is 19.1 Å². The molecule has 29 heavy (non-hydrogen) atoms. The van der Waals surface area contributed by atoms with Gasteiger partial charge in [0, 0.05) is 27.9 Å². The van der Waals surface area contributed by atoms with E-state index in [-0.39, 0.29) is 4.21 Å². The van der Waals surface area contributed by atoms with Gasteiger partial charge >= 0.3 is 5.97 Å². The van der Waals surface area contributed by atoms with Gasteiger partial charge in [0.15, 0.2) is 0 Å². The number of rotatable bonds is 4. The maximum Gasteiger partial charge on any atom is 0.308 e. The summed E-state index contributed by atoms with van der Waals surface area (Å²) >= 11 is 7.26. The van der Waals surface area contributed by atoms with E-state index in [0.29, 0.717) is 28.5 Å². The molecule has 1 N–H and O–H groups in total. The highest BCUT2D eigenvalue weighted by Crippen LogP contribution is 2.38. The lowest BCUT2D eigenvalue weighted by Crippen LogP contribution is -2.13. The first-order chi connectivity index (χ1) is 13.7. The van der Waals surface area contributed by atoms with Crippen LogP contribution in [-0.2, 0) is 26.0 Å². The first kappa shape index (κ1) is 19.9. The minimum atomic E-state index is -3.79. The van der Waals surface area contributed by atoms with Crippen molar-refractivity contribution >= 4 is 60.5 Å². The normalized spacial score (nSPS) is 13.7. The number of thiophene rings is 1. The van der Waals surface area contributed by atoms with Gasteiger partial charge in [-0.05, 0) is 72.7 Å². The zero-order chi connectivity index (χ0) is 20.9. The van der Waals surface area contributed by atoms with E-state index in [0.717, 1.165) is 26.8 Å². The molecular weight excluding hydrogens is 430 g/mol.